The van der Waals surface area contributed by atoms with E-state index in [2.05, 4.69) is 17.3 Å². The van der Waals surface area contributed by atoms with Gasteiger partial charge in [-0.25, -0.2) is 0 Å². The number of benzene rings is 1. The molecule has 2 amide bonds. The Morgan fingerprint density at radius 3 is 2.76 bits per heavy atom. The number of rotatable bonds is 8. The summed E-state index contributed by atoms with van der Waals surface area (Å²) in [4.78, 5) is 26.6. The maximum absolute atomic E-state index is 11.7. The molecule has 138 valence electrons. The van der Waals surface area contributed by atoms with Gasteiger partial charge in [0, 0.05) is 31.4 Å². The summed E-state index contributed by atoms with van der Waals surface area (Å²) < 4.78 is 5.28. The molecule has 0 aromatic heterocycles. The van der Waals surface area contributed by atoms with Crippen LogP contribution < -0.4 is 15.8 Å². The summed E-state index contributed by atoms with van der Waals surface area (Å²) in [6.45, 7) is 2.49. The molecule has 0 unspecified atom stereocenters. The zero-order valence-electron chi connectivity index (χ0n) is 15.0. The molecule has 1 aliphatic rings. The van der Waals surface area contributed by atoms with Gasteiger partial charge < -0.3 is 25.6 Å². The van der Waals surface area contributed by atoms with Gasteiger partial charge in [0.15, 0.2) is 0 Å². The van der Waals surface area contributed by atoms with E-state index in [0.717, 1.165) is 55.9 Å². The Labute approximate surface area is 149 Å². The second-order valence-electron chi connectivity index (χ2n) is 6.33. The van der Waals surface area contributed by atoms with E-state index in [-0.39, 0.29) is 12.5 Å². The van der Waals surface area contributed by atoms with Crippen molar-refractivity contribution < 1.29 is 14.3 Å². The SMILES string of the molecule is COc1ccc(NC=O)c(CCN(C)C2CCN(C(=O)CN)CC2)c1. The molecular formula is C18H28N4O3. The van der Waals surface area contributed by atoms with Crippen molar-refractivity contribution in [1.82, 2.24) is 9.80 Å². The van der Waals surface area contributed by atoms with Gasteiger partial charge in [-0.05, 0) is 50.1 Å². The first-order valence-corrected chi connectivity index (χ1v) is 8.64. The highest BCUT2D eigenvalue weighted by atomic mass is 16.5. The number of piperidine rings is 1. The van der Waals surface area contributed by atoms with Crippen LogP contribution in [0.15, 0.2) is 18.2 Å². The zero-order chi connectivity index (χ0) is 18.2. The number of anilines is 1. The predicted molar refractivity (Wildman–Crippen MR) is 97.7 cm³/mol. The van der Waals surface area contributed by atoms with E-state index in [1.54, 1.807) is 7.11 Å². The van der Waals surface area contributed by atoms with Crippen LogP contribution in [0.1, 0.15) is 18.4 Å². The van der Waals surface area contributed by atoms with Gasteiger partial charge in [-0.1, -0.05) is 0 Å². The first-order valence-electron chi connectivity index (χ1n) is 8.64. The third-order valence-electron chi connectivity index (χ3n) is 4.88. The Bertz CT molecular complexity index is 586. The van der Waals surface area contributed by atoms with Crippen LogP contribution in [0.25, 0.3) is 0 Å². The first kappa shape index (κ1) is 19.2. The number of ether oxygens (including phenoxy) is 1. The van der Waals surface area contributed by atoms with Crippen LogP contribution in [0.5, 0.6) is 5.75 Å². The number of methoxy groups -OCH3 is 1. The minimum atomic E-state index is 0.0297. The number of likely N-dealkylation sites (N-methyl/N-ethyl adjacent to an activating group) is 1. The Hall–Kier alpha value is -2.12. The molecule has 0 radical (unpaired) electrons. The van der Waals surface area contributed by atoms with E-state index in [1.807, 2.05) is 23.1 Å². The van der Waals surface area contributed by atoms with Crippen molar-refractivity contribution in [3.05, 3.63) is 23.8 Å². The molecule has 25 heavy (non-hydrogen) atoms. The molecule has 0 aliphatic carbocycles. The van der Waals surface area contributed by atoms with Gasteiger partial charge in [-0.3, -0.25) is 9.59 Å². The van der Waals surface area contributed by atoms with Crippen molar-refractivity contribution in [1.29, 1.82) is 0 Å². The molecule has 7 nitrogen and oxygen atoms in total. The number of nitrogens with two attached hydrogens (primary N) is 1. The quantitative estimate of drug-likeness (QED) is 0.675. The summed E-state index contributed by atoms with van der Waals surface area (Å²) in [7, 11) is 3.74. The van der Waals surface area contributed by atoms with Gasteiger partial charge in [0.2, 0.25) is 12.3 Å². The molecule has 1 aliphatic heterocycles. The van der Waals surface area contributed by atoms with Gasteiger partial charge in [0.1, 0.15) is 5.75 Å². The van der Waals surface area contributed by atoms with Crippen LogP contribution in [0.2, 0.25) is 0 Å². The average molecular weight is 348 g/mol. The minimum absolute atomic E-state index is 0.0297. The summed E-state index contributed by atoms with van der Waals surface area (Å²) in [5, 5.41) is 2.74. The minimum Gasteiger partial charge on any atom is -0.497 e. The number of likely N-dealkylation sites (tertiary alicyclic amines) is 1. The lowest BCUT2D eigenvalue weighted by Gasteiger charge is -2.36. The van der Waals surface area contributed by atoms with Crippen molar-refractivity contribution in [2.75, 3.05) is 45.7 Å². The predicted octanol–water partition coefficient (Wildman–Crippen LogP) is 0.688. The van der Waals surface area contributed by atoms with Gasteiger partial charge in [0.05, 0.1) is 13.7 Å². The van der Waals surface area contributed by atoms with Gasteiger partial charge in [-0.2, -0.15) is 0 Å². The molecular weight excluding hydrogens is 320 g/mol. The molecule has 1 fully saturated rings. The van der Waals surface area contributed by atoms with E-state index in [0.29, 0.717) is 12.5 Å². The molecule has 1 saturated heterocycles. The number of hydrogen-bond acceptors (Lipinski definition) is 5. The van der Waals surface area contributed by atoms with Crippen molar-refractivity contribution in [3.8, 4) is 5.75 Å². The topological polar surface area (TPSA) is 87.9 Å². The second kappa shape index (κ2) is 9.39. The third kappa shape index (κ3) is 5.17. The summed E-state index contributed by atoms with van der Waals surface area (Å²) in [5.74, 6) is 0.810. The Balaban J connectivity index is 1.90. The highest BCUT2D eigenvalue weighted by Crippen LogP contribution is 2.23. The van der Waals surface area contributed by atoms with Crippen molar-refractivity contribution in [2.24, 2.45) is 5.73 Å². The molecule has 1 aromatic carbocycles. The smallest absolute Gasteiger partial charge is 0.236 e. The van der Waals surface area contributed by atoms with Crippen LogP contribution in [-0.2, 0) is 16.0 Å². The highest BCUT2D eigenvalue weighted by Gasteiger charge is 2.24. The lowest BCUT2D eigenvalue weighted by atomic mass is 10.0. The highest BCUT2D eigenvalue weighted by molar-refractivity contribution is 5.78. The molecule has 1 heterocycles. The molecule has 1 aromatic rings. The fourth-order valence-corrected chi connectivity index (χ4v) is 3.27. The maximum Gasteiger partial charge on any atom is 0.236 e. The molecule has 3 N–H and O–H groups in total. The average Bonchev–Trinajstić information content (AvgIpc) is 2.66. The largest absolute Gasteiger partial charge is 0.497 e. The lowest BCUT2D eigenvalue weighted by molar-refractivity contribution is -0.131. The molecule has 0 atom stereocenters. The van der Waals surface area contributed by atoms with E-state index in [1.165, 1.54) is 0 Å². The summed E-state index contributed by atoms with van der Waals surface area (Å²) >= 11 is 0. The van der Waals surface area contributed by atoms with Crippen LogP contribution in [0, 0.1) is 0 Å². The van der Waals surface area contributed by atoms with Crippen molar-refractivity contribution in [3.63, 3.8) is 0 Å². The molecule has 7 heteroatoms. The monoisotopic (exact) mass is 348 g/mol. The number of amides is 2. The van der Waals surface area contributed by atoms with Crippen molar-refractivity contribution >= 4 is 18.0 Å². The number of carbonyl (C=O) groups excluding carboxylic acids is 2. The summed E-state index contributed by atoms with van der Waals surface area (Å²) in [5.41, 5.74) is 7.29. The molecule has 0 spiro atoms. The van der Waals surface area contributed by atoms with E-state index in [9.17, 15) is 9.59 Å². The number of hydrogen-bond donors (Lipinski definition) is 2. The molecule has 0 bridgehead atoms. The van der Waals surface area contributed by atoms with Crippen LogP contribution in [0.3, 0.4) is 0 Å². The standard InChI is InChI=1S/C18H28N4O3/c1-21(15-6-9-22(10-7-15)18(24)12-19)8-5-14-11-16(25-2)3-4-17(14)20-13-23/h3-4,11,13,15H,5-10,12,19H2,1-2H3,(H,20,23). The number of carbonyl (C=O) groups is 2. The fraction of sp³-hybridized carbons (Fsp3) is 0.556. The third-order valence-corrected chi connectivity index (χ3v) is 4.88. The zero-order valence-corrected chi connectivity index (χ0v) is 15.0. The van der Waals surface area contributed by atoms with E-state index < -0.39 is 0 Å². The summed E-state index contributed by atoms with van der Waals surface area (Å²) in [6.07, 6.45) is 3.42. The van der Waals surface area contributed by atoms with Gasteiger partial charge in [0.25, 0.3) is 0 Å². The summed E-state index contributed by atoms with van der Waals surface area (Å²) in [6, 6.07) is 6.11. The van der Waals surface area contributed by atoms with E-state index in [4.69, 9.17) is 10.5 Å². The van der Waals surface area contributed by atoms with Crippen LogP contribution in [-0.4, -0.2) is 68.5 Å². The van der Waals surface area contributed by atoms with Gasteiger partial charge in [-0.15, -0.1) is 0 Å². The second-order valence-corrected chi connectivity index (χ2v) is 6.33. The van der Waals surface area contributed by atoms with Crippen molar-refractivity contribution in [2.45, 2.75) is 25.3 Å². The molecule has 2 rings (SSSR count). The van der Waals surface area contributed by atoms with E-state index >= 15 is 0 Å². The molecule has 0 saturated carbocycles. The Morgan fingerprint density at radius 2 is 2.16 bits per heavy atom. The first-order chi connectivity index (χ1) is 12.1. The number of nitrogens with one attached hydrogen (secondary N) is 1. The Kier molecular flexibility index (Phi) is 7.21. The lowest BCUT2D eigenvalue weighted by Crippen LogP contribution is -2.47. The fourth-order valence-electron chi connectivity index (χ4n) is 3.27. The maximum atomic E-state index is 11.7. The van der Waals surface area contributed by atoms with Gasteiger partial charge >= 0.3 is 0 Å². The van der Waals surface area contributed by atoms with Crippen LogP contribution in [0.4, 0.5) is 5.69 Å². The van der Waals surface area contributed by atoms with Crippen LogP contribution >= 0.6 is 0 Å². The Morgan fingerprint density at radius 1 is 1.44 bits per heavy atom. The number of nitrogens with zero attached hydrogens (tertiary/aromatic N) is 2. The normalized spacial score (nSPS) is 15.3.